The predicted octanol–water partition coefficient (Wildman–Crippen LogP) is 21.3. The Morgan fingerprint density at radius 1 is 0.284 bits per heavy atom. The summed E-state index contributed by atoms with van der Waals surface area (Å²) in [6.07, 6.45) is 82.7. The van der Waals surface area contributed by atoms with Gasteiger partial charge in [0.1, 0.15) is 13.2 Å². The Kier molecular flexibility index (Phi) is 58.8. The zero-order valence-electron chi connectivity index (χ0n) is 48.6. The van der Waals surface area contributed by atoms with Gasteiger partial charge in [-0.3, -0.25) is 14.4 Å². The van der Waals surface area contributed by atoms with Crippen LogP contribution in [0.2, 0.25) is 0 Å². The van der Waals surface area contributed by atoms with Crippen LogP contribution >= 0.6 is 0 Å². The van der Waals surface area contributed by atoms with E-state index in [9.17, 15) is 14.4 Å². The molecule has 74 heavy (non-hydrogen) atoms. The SMILES string of the molecule is CC/C=C\C/C=C\C/C=C\C/C=C\C/C=C\C/C=C\C/C=C\CCCCCCCCCC(=O)OCC(COC(=O)CCCCCCCCCCC)OC(=O)CCCCCCCCC/C=C\CCCCCCCCC. The van der Waals surface area contributed by atoms with Crippen molar-refractivity contribution in [3.05, 3.63) is 97.2 Å². The number of hydrogen-bond acceptors (Lipinski definition) is 6. The van der Waals surface area contributed by atoms with E-state index in [1.165, 1.54) is 148 Å². The zero-order chi connectivity index (χ0) is 53.6. The van der Waals surface area contributed by atoms with Gasteiger partial charge in [-0.2, -0.15) is 0 Å². The first kappa shape index (κ1) is 70.3. The minimum absolute atomic E-state index is 0.0805. The molecular formula is C68H116O6. The summed E-state index contributed by atoms with van der Waals surface area (Å²) in [7, 11) is 0. The molecule has 0 N–H and O–H groups in total. The van der Waals surface area contributed by atoms with Crippen LogP contribution in [0.15, 0.2) is 97.2 Å². The molecule has 0 aromatic carbocycles. The molecule has 1 unspecified atom stereocenters. The van der Waals surface area contributed by atoms with Gasteiger partial charge in [0.25, 0.3) is 0 Å². The number of ether oxygens (including phenoxy) is 3. The van der Waals surface area contributed by atoms with E-state index in [0.717, 1.165) is 109 Å². The molecule has 0 aliphatic carbocycles. The Hall–Kier alpha value is -3.67. The maximum atomic E-state index is 12.9. The number of esters is 3. The molecule has 0 fully saturated rings. The summed E-state index contributed by atoms with van der Waals surface area (Å²) < 4.78 is 16.9. The molecule has 0 bridgehead atoms. The topological polar surface area (TPSA) is 78.9 Å². The van der Waals surface area contributed by atoms with Crippen LogP contribution in [0.25, 0.3) is 0 Å². The fourth-order valence-electron chi connectivity index (χ4n) is 8.65. The predicted molar refractivity (Wildman–Crippen MR) is 320 cm³/mol. The summed E-state index contributed by atoms with van der Waals surface area (Å²) in [6.45, 7) is 6.51. The standard InChI is InChI=1S/C68H116O6/c1-4-7-10-13-16-19-21-23-25-27-29-30-31-32-33-34-35-36-37-38-39-41-42-44-46-49-52-55-58-61-67(70)73-64-65(63-72-66(69)60-57-54-51-48-18-15-12-9-6-3)74-68(71)62-59-56-53-50-47-45-43-40-28-26-24-22-20-17-14-11-8-5-2/h7,10,16,19,23,25-26,28-30,32-33,35-36,38-39,65H,4-6,8-9,11-15,17-18,20-22,24,27,31,34,37,40-64H2,1-3H3/b10-7-,19-16-,25-23-,28-26-,30-29-,33-32-,36-35-,39-38-. The lowest BCUT2D eigenvalue weighted by molar-refractivity contribution is -0.167. The monoisotopic (exact) mass is 1030 g/mol. The maximum absolute atomic E-state index is 12.9. The van der Waals surface area contributed by atoms with Crippen LogP contribution in [0, 0.1) is 0 Å². The number of rotatable bonds is 56. The quantitative estimate of drug-likeness (QED) is 0.0261. The second-order valence-corrected chi connectivity index (χ2v) is 20.6. The van der Waals surface area contributed by atoms with Crippen molar-refractivity contribution in [2.45, 2.75) is 303 Å². The smallest absolute Gasteiger partial charge is 0.306 e. The fraction of sp³-hybridized carbons (Fsp3) is 0.721. The Bertz CT molecular complexity index is 1460. The van der Waals surface area contributed by atoms with E-state index < -0.39 is 6.10 Å². The van der Waals surface area contributed by atoms with Crippen molar-refractivity contribution in [2.24, 2.45) is 0 Å². The normalized spacial score (nSPS) is 12.7. The van der Waals surface area contributed by atoms with E-state index >= 15 is 0 Å². The second kappa shape index (κ2) is 61.9. The van der Waals surface area contributed by atoms with Crippen LogP contribution in [-0.4, -0.2) is 37.2 Å². The molecule has 424 valence electrons. The molecule has 0 aliphatic rings. The number of carbonyl (C=O) groups is 3. The van der Waals surface area contributed by atoms with Crippen molar-refractivity contribution in [2.75, 3.05) is 13.2 Å². The maximum Gasteiger partial charge on any atom is 0.306 e. The van der Waals surface area contributed by atoms with Crippen LogP contribution in [0.3, 0.4) is 0 Å². The third kappa shape index (κ3) is 59.2. The summed E-state index contributed by atoms with van der Waals surface area (Å²) in [4.78, 5) is 38.1. The summed E-state index contributed by atoms with van der Waals surface area (Å²) in [5, 5.41) is 0. The van der Waals surface area contributed by atoms with E-state index in [0.29, 0.717) is 19.3 Å². The number of allylic oxidation sites excluding steroid dienone is 16. The molecule has 6 heteroatoms. The van der Waals surface area contributed by atoms with Gasteiger partial charge in [-0.05, 0) is 103 Å². The third-order valence-electron chi connectivity index (χ3n) is 13.3. The summed E-state index contributed by atoms with van der Waals surface area (Å²) in [6, 6.07) is 0. The van der Waals surface area contributed by atoms with Crippen molar-refractivity contribution in [3.63, 3.8) is 0 Å². The number of unbranched alkanes of at least 4 members (excludes halogenated alkanes) is 29. The van der Waals surface area contributed by atoms with Gasteiger partial charge in [0, 0.05) is 19.3 Å². The lowest BCUT2D eigenvalue weighted by Gasteiger charge is -2.18. The molecule has 0 radical (unpaired) electrons. The molecule has 0 spiro atoms. The summed E-state index contributed by atoms with van der Waals surface area (Å²) in [5.74, 6) is -0.892. The van der Waals surface area contributed by atoms with Crippen LogP contribution in [-0.2, 0) is 28.6 Å². The van der Waals surface area contributed by atoms with Crippen LogP contribution in [0.5, 0.6) is 0 Å². The average Bonchev–Trinajstić information content (AvgIpc) is 3.40. The molecule has 0 heterocycles. The van der Waals surface area contributed by atoms with E-state index in [1.807, 2.05) is 0 Å². The van der Waals surface area contributed by atoms with Gasteiger partial charge in [0.05, 0.1) is 0 Å². The minimum Gasteiger partial charge on any atom is -0.462 e. The van der Waals surface area contributed by atoms with Crippen molar-refractivity contribution >= 4 is 17.9 Å². The highest BCUT2D eigenvalue weighted by Crippen LogP contribution is 2.15. The van der Waals surface area contributed by atoms with Crippen LogP contribution < -0.4 is 0 Å². The zero-order valence-corrected chi connectivity index (χ0v) is 48.6. The molecule has 0 amide bonds. The Morgan fingerprint density at radius 3 is 0.838 bits per heavy atom. The fourth-order valence-corrected chi connectivity index (χ4v) is 8.65. The number of hydrogen-bond donors (Lipinski definition) is 0. The first-order chi connectivity index (χ1) is 36.5. The van der Waals surface area contributed by atoms with Gasteiger partial charge < -0.3 is 14.2 Å². The number of carbonyl (C=O) groups excluding carboxylic acids is 3. The first-order valence-electron chi connectivity index (χ1n) is 31.2. The molecule has 0 aromatic heterocycles. The summed E-state index contributed by atoms with van der Waals surface area (Å²) >= 11 is 0. The molecule has 0 saturated heterocycles. The molecule has 6 nitrogen and oxygen atoms in total. The Morgan fingerprint density at radius 2 is 0.527 bits per heavy atom. The van der Waals surface area contributed by atoms with Crippen molar-refractivity contribution in [3.8, 4) is 0 Å². The molecule has 0 aliphatic heterocycles. The highest BCUT2D eigenvalue weighted by molar-refractivity contribution is 5.71. The van der Waals surface area contributed by atoms with Gasteiger partial charge in [-0.15, -0.1) is 0 Å². The minimum atomic E-state index is -0.783. The van der Waals surface area contributed by atoms with Gasteiger partial charge in [-0.25, -0.2) is 0 Å². The van der Waals surface area contributed by atoms with Crippen LogP contribution in [0.1, 0.15) is 297 Å². The van der Waals surface area contributed by atoms with Crippen molar-refractivity contribution in [1.29, 1.82) is 0 Å². The Labute approximate surface area is 457 Å². The lowest BCUT2D eigenvalue weighted by atomic mass is 10.1. The largest absolute Gasteiger partial charge is 0.462 e. The van der Waals surface area contributed by atoms with Crippen molar-refractivity contribution in [1.82, 2.24) is 0 Å². The highest BCUT2D eigenvalue weighted by Gasteiger charge is 2.19. The van der Waals surface area contributed by atoms with Crippen LogP contribution in [0.4, 0.5) is 0 Å². The first-order valence-corrected chi connectivity index (χ1v) is 31.2. The van der Waals surface area contributed by atoms with E-state index in [4.69, 9.17) is 14.2 Å². The van der Waals surface area contributed by atoms with Gasteiger partial charge >= 0.3 is 17.9 Å². The molecular weight excluding hydrogens is 913 g/mol. The van der Waals surface area contributed by atoms with E-state index in [-0.39, 0.29) is 31.1 Å². The van der Waals surface area contributed by atoms with E-state index in [2.05, 4.69) is 118 Å². The second-order valence-electron chi connectivity index (χ2n) is 20.6. The molecule has 0 saturated carbocycles. The lowest BCUT2D eigenvalue weighted by Crippen LogP contribution is -2.30. The Balaban J connectivity index is 4.25. The molecule has 1 atom stereocenters. The summed E-state index contributed by atoms with van der Waals surface area (Å²) in [5.41, 5.74) is 0. The van der Waals surface area contributed by atoms with Crippen molar-refractivity contribution < 1.29 is 28.6 Å². The molecule has 0 rings (SSSR count). The van der Waals surface area contributed by atoms with Gasteiger partial charge in [0.15, 0.2) is 6.10 Å². The highest BCUT2D eigenvalue weighted by atomic mass is 16.6. The van der Waals surface area contributed by atoms with E-state index in [1.54, 1.807) is 0 Å². The third-order valence-corrected chi connectivity index (χ3v) is 13.3. The van der Waals surface area contributed by atoms with Gasteiger partial charge in [-0.1, -0.05) is 272 Å². The average molecular weight is 1030 g/mol. The molecule has 0 aromatic rings. The van der Waals surface area contributed by atoms with Gasteiger partial charge in [0.2, 0.25) is 0 Å².